The maximum Gasteiger partial charge on any atom is 0.286 e. The maximum atomic E-state index is 13.6. The Morgan fingerprint density at radius 1 is 1.14 bits per heavy atom. The van der Waals surface area contributed by atoms with Gasteiger partial charge in [0, 0.05) is 0 Å². The monoisotopic (exact) mass is 424 g/mol. The fourth-order valence-electron chi connectivity index (χ4n) is 2.25. The predicted molar refractivity (Wildman–Crippen MR) is 99.4 cm³/mol. The zero-order valence-electron chi connectivity index (χ0n) is 14.4. The number of carbonyl (C=O) groups is 1. The molecule has 0 aliphatic rings. The number of benzene rings is 2. The van der Waals surface area contributed by atoms with Gasteiger partial charge >= 0.3 is 0 Å². The van der Waals surface area contributed by atoms with Crippen LogP contribution in [-0.2, 0) is 16.6 Å². The van der Waals surface area contributed by atoms with Gasteiger partial charge in [0.25, 0.3) is 5.91 Å². The molecule has 146 valence electrons. The lowest BCUT2D eigenvalue weighted by atomic mass is 10.2. The Labute approximate surface area is 163 Å². The largest absolute Gasteiger partial charge is 0.317 e. The topological polar surface area (TPSA) is 101 Å². The molecule has 0 radical (unpaired) electrons. The summed E-state index contributed by atoms with van der Waals surface area (Å²) in [5, 5.41) is 9.97. The zero-order chi connectivity index (χ0) is 20.3. The molecule has 0 atom stereocenters. The van der Waals surface area contributed by atoms with Crippen LogP contribution in [0.2, 0.25) is 0 Å². The summed E-state index contributed by atoms with van der Waals surface area (Å²) in [5.41, 5.74) is 0.377. The zero-order valence-corrected chi connectivity index (χ0v) is 16.1. The minimum absolute atomic E-state index is 0.00784. The Morgan fingerprint density at radius 2 is 1.89 bits per heavy atom. The molecule has 11 heteroatoms. The second kappa shape index (κ2) is 8.09. The number of carbonyl (C=O) groups excluding carboxylic acids is 1. The number of nitrogens with zero attached hydrogens (tertiary/aromatic N) is 2. The molecule has 2 aromatic carbocycles. The van der Waals surface area contributed by atoms with Crippen LogP contribution in [0.15, 0.2) is 47.4 Å². The van der Waals surface area contributed by atoms with E-state index in [0.717, 1.165) is 17.4 Å². The number of aryl methyl sites for hydroxylation is 1. The van der Waals surface area contributed by atoms with Crippen LogP contribution in [0.25, 0.3) is 0 Å². The van der Waals surface area contributed by atoms with E-state index in [0.29, 0.717) is 5.56 Å². The second-order valence-electron chi connectivity index (χ2n) is 5.67. The average molecular weight is 424 g/mol. The first-order valence-corrected chi connectivity index (χ1v) is 10.2. The summed E-state index contributed by atoms with van der Waals surface area (Å²) in [6, 6.07) is 9.09. The van der Waals surface area contributed by atoms with Crippen molar-refractivity contribution in [3.63, 3.8) is 0 Å². The van der Waals surface area contributed by atoms with Crippen LogP contribution < -0.4 is 10.0 Å². The lowest BCUT2D eigenvalue weighted by molar-refractivity contribution is 0.102. The number of halogens is 2. The van der Waals surface area contributed by atoms with Gasteiger partial charge in [-0.2, -0.15) is 0 Å². The number of hydrogen-bond donors (Lipinski definition) is 2. The summed E-state index contributed by atoms with van der Waals surface area (Å²) in [6.45, 7) is 1.31. The number of nitrogens with one attached hydrogen (secondary N) is 2. The smallest absolute Gasteiger partial charge is 0.286 e. The van der Waals surface area contributed by atoms with Crippen molar-refractivity contribution in [3.05, 3.63) is 69.7 Å². The summed E-state index contributed by atoms with van der Waals surface area (Å²) < 4.78 is 54.0. The summed E-state index contributed by atoms with van der Waals surface area (Å²) in [6.07, 6.45) is 0. The third kappa shape index (κ3) is 4.55. The molecule has 7 nitrogen and oxygen atoms in total. The summed E-state index contributed by atoms with van der Waals surface area (Å²) >= 11 is 0.852. The number of aromatic nitrogens is 2. The standard InChI is InChI=1S/C17H14F2N4O3S2/c1-10-6-7-11(18)8-14(10)28(25,26)20-9-15-22-23-17(27-15)16(24)21-13-5-3-2-4-12(13)19/h2-8,20H,9H2,1H3,(H,21,24). The Morgan fingerprint density at radius 3 is 2.64 bits per heavy atom. The molecule has 1 heterocycles. The Hall–Kier alpha value is -2.76. The summed E-state index contributed by atoms with van der Waals surface area (Å²) in [5.74, 6) is -1.94. The first kappa shape index (κ1) is 20.0. The molecule has 0 saturated heterocycles. The molecule has 1 aromatic heterocycles. The van der Waals surface area contributed by atoms with Gasteiger partial charge in [-0.1, -0.05) is 29.5 Å². The molecule has 0 bridgehead atoms. The molecule has 0 spiro atoms. The van der Waals surface area contributed by atoms with E-state index in [1.165, 1.54) is 30.3 Å². The van der Waals surface area contributed by atoms with Crippen molar-refractivity contribution < 1.29 is 22.0 Å². The second-order valence-corrected chi connectivity index (χ2v) is 8.47. The van der Waals surface area contributed by atoms with E-state index < -0.39 is 27.6 Å². The third-order valence-corrected chi connectivity index (χ3v) is 6.10. The molecule has 0 aliphatic carbocycles. The molecule has 0 saturated carbocycles. The van der Waals surface area contributed by atoms with Crippen LogP contribution in [0.5, 0.6) is 0 Å². The quantitative estimate of drug-likeness (QED) is 0.634. The lowest BCUT2D eigenvalue weighted by Crippen LogP contribution is -2.24. The van der Waals surface area contributed by atoms with Gasteiger partial charge in [0.15, 0.2) is 0 Å². The Balaban J connectivity index is 1.68. The molecule has 28 heavy (non-hydrogen) atoms. The molecule has 2 N–H and O–H groups in total. The number of anilines is 1. The van der Waals surface area contributed by atoms with Crippen LogP contribution in [0, 0.1) is 18.6 Å². The SMILES string of the molecule is Cc1ccc(F)cc1S(=O)(=O)NCc1nnc(C(=O)Nc2ccccc2F)s1. The van der Waals surface area contributed by atoms with E-state index in [2.05, 4.69) is 20.2 Å². The van der Waals surface area contributed by atoms with Crippen molar-refractivity contribution in [3.8, 4) is 0 Å². The van der Waals surface area contributed by atoms with Gasteiger partial charge in [-0.15, -0.1) is 10.2 Å². The molecule has 0 unspecified atom stereocenters. The number of amides is 1. The minimum Gasteiger partial charge on any atom is -0.317 e. The normalized spacial score (nSPS) is 11.4. The fourth-order valence-corrected chi connectivity index (χ4v) is 4.26. The van der Waals surface area contributed by atoms with Crippen molar-refractivity contribution >= 4 is 33.0 Å². The molecule has 1 amide bonds. The van der Waals surface area contributed by atoms with Gasteiger partial charge in [-0.25, -0.2) is 21.9 Å². The average Bonchev–Trinajstić information content (AvgIpc) is 3.13. The van der Waals surface area contributed by atoms with E-state index in [4.69, 9.17) is 0 Å². The van der Waals surface area contributed by atoms with E-state index in [1.54, 1.807) is 13.0 Å². The van der Waals surface area contributed by atoms with E-state index in [1.807, 2.05) is 0 Å². The third-order valence-electron chi connectivity index (χ3n) is 3.64. The molecule has 0 aliphatic heterocycles. The molecule has 3 aromatic rings. The predicted octanol–water partition coefficient (Wildman–Crippen LogP) is 2.86. The van der Waals surface area contributed by atoms with Crippen LogP contribution in [0.1, 0.15) is 20.4 Å². The molecular formula is C17H14F2N4O3S2. The van der Waals surface area contributed by atoms with Crippen molar-refractivity contribution in [2.75, 3.05) is 5.32 Å². The summed E-state index contributed by atoms with van der Waals surface area (Å²) in [7, 11) is -3.98. The van der Waals surface area contributed by atoms with Crippen LogP contribution in [0.3, 0.4) is 0 Å². The Kier molecular flexibility index (Phi) is 5.77. The lowest BCUT2D eigenvalue weighted by Gasteiger charge is -2.08. The highest BCUT2D eigenvalue weighted by Gasteiger charge is 2.20. The minimum atomic E-state index is -3.98. The highest BCUT2D eigenvalue weighted by Crippen LogP contribution is 2.18. The van der Waals surface area contributed by atoms with Gasteiger partial charge < -0.3 is 5.32 Å². The van der Waals surface area contributed by atoms with Crippen LogP contribution in [-0.4, -0.2) is 24.5 Å². The highest BCUT2D eigenvalue weighted by molar-refractivity contribution is 7.89. The first-order valence-electron chi connectivity index (χ1n) is 7.90. The molecule has 3 rings (SSSR count). The van der Waals surface area contributed by atoms with Crippen molar-refractivity contribution in [2.45, 2.75) is 18.4 Å². The first-order chi connectivity index (χ1) is 13.3. The number of rotatable bonds is 6. The van der Waals surface area contributed by atoms with Gasteiger partial charge in [-0.3, -0.25) is 4.79 Å². The van der Waals surface area contributed by atoms with Crippen LogP contribution in [0.4, 0.5) is 14.5 Å². The van der Waals surface area contributed by atoms with Crippen molar-refractivity contribution in [1.29, 1.82) is 0 Å². The number of hydrogen-bond acceptors (Lipinski definition) is 6. The Bertz CT molecular complexity index is 1130. The van der Waals surface area contributed by atoms with E-state index in [9.17, 15) is 22.0 Å². The van der Waals surface area contributed by atoms with Gasteiger partial charge in [0.2, 0.25) is 15.0 Å². The molecular weight excluding hydrogens is 410 g/mol. The number of sulfonamides is 1. The van der Waals surface area contributed by atoms with Crippen LogP contribution >= 0.6 is 11.3 Å². The van der Waals surface area contributed by atoms with E-state index in [-0.39, 0.29) is 27.1 Å². The molecule has 0 fully saturated rings. The van der Waals surface area contributed by atoms with Crippen molar-refractivity contribution in [2.24, 2.45) is 0 Å². The van der Waals surface area contributed by atoms with Gasteiger partial charge in [0.05, 0.1) is 17.1 Å². The van der Waals surface area contributed by atoms with E-state index >= 15 is 0 Å². The highest BCUT2D eigenvalue weighted by atomic mass is 32.2. The maximum absolute atomic E-state index is 13.6. The van der Waals surface area contributed by atoms with Gasteiger partial charge in [0.1, 0.15) is 16.6 Å². The summed E-state index contributed by atoms with van der Waals surface area (Å²) in [4.78, 5) is 11.9. The fraction of sp³-hybridized carbons (Fsp3) is 0.118. The number of para-hydroxylation sites is 1. The van der Waals surface area contributed by atoms with Crippen molar-refractivity contribution in [1.82, 2.24) is 14.9 Å². The van der Waals surface area contributed by atoms with Gasteiger partial charge in [-0.05, 0) is 36.8 Å².